The minimum absolute atomic E-state index is 0. The first-order valence-electron chi connectivity index (χ1n) is 2.16. The number of hydrogen-bond acceptors (Lipinski definition) is 6. The Morgan fingerprint density at radius 3 is 1.09 bits per heavy atom. The summed E-state index contributed by atoms with van der Waals surface area (Å²) in [5, 5.41) is 18.4. The van der Waals surface area contributed by atoms with E-state index in [1.54, 1.807) is 0 Å². The number of carbonyl (C=O) groups excluding carboxylic acids is 2. The van der Waals surface area contributed by atoms with Crippen LogP contribution in [0.5, 0.6) is 0 Å². The van der Waals surface area contributed by atoms with E-state index in [0.29, 0.717) is 0 Å². The van der Waals surface area contributed by atoms with Gasteiger partial charge in [-0.3, -0.25) is 0 Å². The molecule has 0 heterocycles. The molecular weight excluding hydrogens is 235 g/mol. The van der Waals surface area contributed by atoms with Gasteiger partial charge in [-0.15, -0.1) is 0 Å². The standard InChI is InChI=1S/2C2H4O2S.Co/c2*3-2(4)1-5;/h2*5H,1H2,(H,3,4);/q;;+2/p-2. The van der Waals surface area contributed by atoms with Crippen LogP contribution in [0.1, 0.15) is 0 Å². The van der Waals surface area contributed by atoms with Crippen LogP contribution in [-0.4, -0.2) is 23.4 Å². The monoisotopic (exact) mass is 241 g/mol. The Kier molecular flexibility index (Phi) is 20.1. The Balaban J connectivity index is -0.000000107. The van der Waals surface area contributed by atoms with Gasteiger partial charge in [0, 0.05) is 11.5 Å². The number of aliphatic carboxylic acids is 2. The van der Waals surface area contributed by atoms with Crippen molar-refractivity contribution < 1.29 is 36.6 Å². The molecule has 0 unspecified atom stereocenters. The van der Waals surface area contributed by atoms with E-state index < -0.39 is 11.9 Å². The van der Waals surface area contributed by atoms with Crippen molar-refractivity contribution in [2.45, 2.75) is 0 Å². The fraction of sp³-hybridized carbons (Fsp3) is 0.500. The Bertz CT molecular complexity index is 105. The summed E-state index contributed by atoms with van der Waals surface area (Å²) in [5.41, 5.74) is 0. The fourth-order valence-electron chi connectivity index (χ4n) is 0. The molecule has 0 aromatic heterocycles. The van der Waals surface area contributed by atoms with E-state index >= 15 is 0 Å². The van der Waals surface area contributed by atoms with Gasteiger partial charge in [-0.1, -0.05) is 0 Å². The van der Waals surface area contributed by atoms with Crippen LogP contribution in [0.4, 0.5) is 0 Å². The van der Waals surface area contributed by atoms with E-state index in [2.05, 4.69) is 25.3 Å². The van der Waals surface area contributed by atoms with Crippen molar-refractivity contribution in [1.29, 1.82) is 0 Å². The minimum atomic E-state index is -1.13. The predicted octanol–water partition coefficient (Wildman–Crippen LogP) is -2.67. The molecule has 0 fully saturated rings. The molecular formula is C4H6CoO4S2. The summed E-state index contributed by atoms with van der Waals surface area (Å²) < 4.78 is 0. The molecule has 0 rings (SSSR count). The van der Waals surface area contributed by atoms with Gasteiger partial charge in [0.05, 0.1) is 11.9 Å². The van der Waals surface area contributed by atoms with Gasteiger partial charge in [0.2, 0.25) is 0 Å². The maximum atomic E-state index is 9.18. The van der Waals surface area contributed by atoms with Crippen LogP contribution >= 0.6 is 25.3 Å². The normalized spacial score (nSPS) is 6.73. The number of thiol groups is 2. The molecule has 0 aromatic carbocycles. The summed E-state index contributed by atoms with van der Waals surface area (Å²) in [5.74, 6) is -2.65. The van der Waals surface area contributed by atoms with E-state index in [9.17, 15) is 19.8 Å². The van der Waals surface area contributed by atoms with E-state index in [4.69, 9.17) is 0 Å². The van der Waals surface area contributed by atoms with E-state index in [-0.39, 0.29) is 28.3 Å². The van der Waals surface area contributed by atoms with Crippen molar-refractivity contribution in [2.75, 3.05) is 11.5 Å². The van der Waals surface area contributed by atoms with Crippen LogP contribution in [0, 0.1) is 0 Å². The molecule has 0 atom stereocenters. The average molecular weight is 241 g/mol. The van der Waals surface area contributed by atoms with E-state index in [1.807, 2.05) is 0 Å². The van der Waals surface area contributed by atoms with Crippen molar-refractivity contribution in [3.05, 3.63) is 0 Å². The van der Waals surface area contributed by atoms with Crippen LogP contribution in [0.2, 0.25) is 0 Å². The Morgan fingerprint density at radius 2 is 1.09 bits per heavy atom. The number of carbonyl (C=O) groups is 2. The molecule has 0 bridgehead atoms. The molecule has 0 aromatic rings. The zero-order valence-corrected chi connectivity index (χ0v) is 8.10. The first kappa shape index (κ1) is 17.3. The zero-order chi connectivity index (χ0) is 8.57. The Labute approximate surface area is 85.4 Å². The molecule has 0 aliphatic carbocycles. The van der Waals surface area contributed by atoms with Crippen LogP contribution in [-0.2, 0) is 26.4 Å². The van der Waals surface area contributed by atoms with Gasteiger partial charge in [-0.2, -0.15) is 25.3 Å². The first-order valence-corrected chi connectivity index (χ1v) is 3.42. The second-order valence-electron chi connectivity index (χ2n) is 1.06. The zero-order valence-electron chi connectivity index (χ0n) is 5.27. The van der Waals surface area contributed by atoms with E-state index in [0.717, 1.165) is 0 Å². The average Bonchev–Trinajstić information content (AvgIpc) is 1.89. The van der Waals surface area contributed by atoms with Crippen molar-refractivity contribution in [3.63, 3.8) is 0 Å². The van der Waals surface area contributed by atoms with Gasteiger partial charge in [0.1, 0.15) is 0 Å². The van der Waals surface area contributed by atoms with E-state index in [1.165, 1.54) is 0 Å². The molecule has 0 N–H and O–H groups in total. The third kappa shape index (κ3) is 39.2. The molecule has 0 aliphatic rings. The smallest absolute Gasteiger partial charge is 0.549 e. The molecule has 0 saturated heterocycles. The molecule has 0 saturated carbocycles. The second kappa shape index (κ2) is 12.8. The molecule has 7 heteroatoms. The van der Waals surface area contributed by atoms with Gasteiger partial charge < -0.3 is 19.8 Å². The molecule has 67 valence electrons. The fourth-order valence-corrected chi connectivity index (χ4v) is 0. The largest absolute Gasteiger partial charge is 2.00 e. The van der Waals surface area contributed by atoms with Gasteiger partial charge in [0.15, 0.2) is 0 Å². The molecule has 11 heavy (non-hydrogen) atoms. The van der Waals surface area contributed by atoms with Crippen LogP contribution in [0.3, 0.4) is 0 Å². The number of hydrogen-bond donors (Lipinski definition) is 2. The topological polar surface area (TPSA) is 80.3 Å². The maximum absolute atomic E-state index is 9.18. The van der Waals surface area contributed by atoms with Crippen molar-refractivity contribution in [3.8, 4) is 0 Å². The SMILES string of the molecule is O=C([O-])CS.O=C([O-])CS.[Co+2]. The maximum Gasteiger partial charge on any atom is 2.00 e. The number of carboxylic acids is 2. The number of rotatable bonds is 2. The van der Waals surface area contributed by atoms with Gasteiger partial charge in [0.25, 0.3) is 0 Å². The van der Waals surface area contributed by atoms with Crippen molar-refractivity contribution in [1.82, 2.24) is 0 Å². The summed E-state index contributed by atoms with van der Waals surface area (Å²) in [7, 11) is 0. The predicted molar refractivity (Wildman–Crippen MR) is 37.7 cm³/mol. The summed E-state index contributed by atoms with van der Waals surface area (Å²) in [4.78, 5) is 18.4. The third-order valence-corrected chi connectivity index (χ3v) is 0.775. The quantitative estimate of drug-likeness (QED) is 0.517. The second-order valence-corrected chi connectivity index (χ2v) is 1.69. The van der Waals surface area contributed by atoms with Crippen LogP contribution < -0.4 is 10.2 Å². The third-order valence-electron chi connectivity index (χ3n) is 0.258. The Morgan fingerprint density at radius 1 is 1.00 bits per heavy atom. The molecule has 0 amide bonds. The van der Waals surface area contributed by atoms with Gasteiger partial charge in [-0.05, 0) is 0 Å². The summed E-state index contributed by atoms with van der Waals surface area (Å²) in [6.45, 7) is 0. The van der Waals surface area contributed by atoms with Crippen LogP contribution in [0.15, 0.2) is 0 Å². The molecule has 1 radical (unpaired) electrons. The number of carboxylic acid groups (broad SMARTS) is 2. The van der Waals surface area contributed by atoms with Gasteiger partial charge >= 0.3 is 16.8 Å². The van der Waals surface area contributed by atoms with Crippen molar-refractivity contribution in [2.24, 2.45) is 0 Å². The molecule has 0 aliphatic heterocycles. The summed E-state index contributed by atoms with van der Waals surface area (Å²) >= 11 is 6.71. The summed E-state index contributed by atoms with van der Waals surface area (Å²) in [6, 6.07) is 0. The Hall–Kier alpha value is 0.146. The van der Waals surface area contributed by atoms with Crippen molar-refractivity contribution >= 4 is 37.2 Å². The molecule has 0 spiro atoms. The molecule has 4 nitrogen and oxygen atoms in total. The minimum Gasteiger partial charge on any atom is -0.549 e. The van der Waals surface area contributed by atoms with Crippen LogP contribution in [0.25, 0.3) is 0 Å². The van der Waals surface area contributed by atoms with Gasteiger partial charge in [-0.25, -0.2) is 0 Å². The summed E-state index contributed by atoms with van der Waals surface area (Å²) in [6.07, 6.45) is 0. The first-order chi connectivity index (χ1) is 4.54.